The molecule has 3 heterocycles. The third kappa shape index (κ3) is 3.48. The Hall–Kier alpha value is -2.67. The van der Waals surface area contributed by atoms with Gasteiger partial charge in [-0.05, 0) is 32.4 Å². The van der Waals surface area contributed by atoms with Gasteiger partial charge in [0.1, 0.15) is 17.0 Å². The van der Waals surface area contributed by atoms with Gasteiger partial charge in [-0.25, -0.2) is 15.0 Å². The molecule has 3 rings (SSSR count). The van der Waals surface area contributed by atoms with E-state index in [0.717, 1.165) is 10.9 Å². The number of carbonyl (C=O) groups is 1. The fraction of sp³-hybridized carbons (Fsp3) is 0.333. The molecular formula is C18H27ClN6O. The maximum absolute atomic E-state index is 12.4. The van der Waals surface area contributed by atoms with Crippen molar-refractivity contribution in [3.8, 4) is 11.4 Å². The molecule has 0 unspecified atom stereocenters. The molecule has 7 nitrogen and oxygen atoms in total. The summed E-state index contributed by atoms with van der Waals surface area (Å²) in [6, 6.07) is 3.57. The molecule has 142 valence electrons. The Bertz CT molecular complexity index is 954. The SMILES string of the molecule is CCNC(=O)[C@@](C)(CC)Nc1ccnc(-c2c[nH]c3ncc(Cl)cc23)n1.[HH].[HH].[HH]. The number of pyridine rings is 1. The number of amides is 1. The summed E-state index contributed by atoms with van der Waals surface area (Å²) in [6.45, 7) is 6.29. The molecule has 0 aliphatic rings. The van der Waals surface area contributed by atoms with Crippen LogP contribution in [-0.2, 0) is 4.79 Å². The second-order valence-corrected chi connectivity index (χ2v) is 6.62. The van der Waals surface area contributed by atoms with Crippen LogP contribution in [0.2, 0.25) is 5.02 Å². The van der Waals surface area contributed by atoms with Crippen molar-refractivity contribution < 1.29 is 9.07 Å². The first kappa shape index (κ1) is 18.1. The summed E-state index contributed by atoms with van der Waals surface area (Å²) in [6.07, 6.45) is 5.66. The van der Waals surface area contributed by atoms with Crippen LogP contribution in [0.15, 0.2) is 30.7 Å². The number of nitrogens with zero attached hydrogens (tertiary/aromatic N) is 3. The maximum atomic E-state index is 12.4. The fourth-order valence-corrected chi connectivity index (χ4v) is 2.82. The lowest BCUT2D eigenvalue weighted by Crippen LogP contribution is -2.50. The molecule has 0 saturated carbocycles. The Balaban J connectivity index is 0.00000261. The van der Waals surface area contributed by atoms with Gasteiger partial charge in [0.05, 0.1) is 5.02 Å². The van der Waals surface area contributed by atoms with Gasteiger partial charge < -0.3 is 15.6 Å². The highest BCUT2D eigenvalue weighted by Crippen LogP contribution is 2.28. The lowest BCUT2D eigenvalue weighted by atomic mass is 9.97. The lowest BCUT2D eigenvalue weighted by Gasteiger charge is -2.28. The number of hydrogen-bond donors (Lipinski definition) is 3. The van der Waals surface area contributed by atoms with Gasteiger partial charge in [-0.2, -0.15) is 0 Å². The van der Waals surface area contributed by atoms with E-state index in [2.05, 4.69) is 30.6 Å². The molecule has 0 fully saturated rings. The number of likely N-dealkylation sites (N-methyl/N-ethyl adjacent to an activating group) is 1. The van der Waals surface area contributed by atoms with E-state index in [9.17, 15) is 4.79 Å². The summed E-state index contributed by atoms with van der Waals surface area (Å²) in [5.74, 6) is 1.04. The van der Waals surface area contributed by atoms with Gasteiger partial charge in [-0.3, -0.25) is 4.79 Å². The summed E-state index contributed by atoms with van der Waals surface area (Å²) in [5.41, 5.74) is 0.758. The van der Waals surface area contributed by atoms with E-state index in [0.29, 0.717) is 35.3 Å². The highest BCUT2D eigenvalue weighted by Gasteiger charge is 2.31. The number of fused-ring (bicyclic) bond motifs is 1. The average Bonchev–Trinajstić information content (AvgIpc) is 3.05. The number of nitrogens with one attached hydrogen (secondary N) is 3. The van der Waals surface area contributed by atoms with Crippen LogP contribution < -0.4 is 10.6 Å². The molecule has 3 N–H and O–H groups in total. The van der Waals surface area contributed by atoms with Crippen LogP contribution >= 0.6 is 11.6 Å². The maximum Gasteiger partial charge on any atom is 0.245 e. The molecule has 8 heteroatoms. The molecule has 0 bridgehead atoms. The Morgan fingerprint density at radius 1 is 1.38 bits per heavy atom. The Morgan fingerprint density at radius 2 is 2.19 bits per heavy atom. The Labute approximate surface area is 161 Å². The van der Waals surface area contributed by atoms with Crippen LogP contribution in [0.25, 0.3) is 22.4 Å². The molecular weight excluding hydrogens is 352 g/mol. The summed E-state index contributed by atoms with van der Waals surface area (Å²) < 4.78 is 0. The number of aromatic amines is 1. The smallest absolute Gasteiger partial charge is 0.245 e. The van der Waals surface area contributed by atoms with E-state index < -0.39 is 5.54 Å². The highest BCUT2D eigenvalue weighted by molar-refractivity contribution is 6.31. The zero-order valence-corrected chi connectivity index (χ0v) is 15.7. The van der Waals surface area contributed by atoms with E-state index in [1.165, 1.54) is 0 Å². The van der Waals surface area contributed by atoms with Crippen LogP contribution in [0.5, 0.6) is 0 Å². The molecule has 1 amide bonds. The third-order valence-corrected chi connectivity index (χ3v) is 4.55. The Morgan fingerprint density at radius 3 is 2.92 bits per heavy atom. The summed E-state index contributed by atoms with van der Waals surface area (Å²) in [5, 5.41) is 7.48. The highest BCUT2D eigenvalue weighted by atomic mass is 35.5. The zero-order chi connectivity index (χ0) is 18.7. The number of rotatable bonds is 6. The van der Waals surface area contributed by atoms with Gasteiger partial charge in [0, 0.05) is 40.4 Å². The van der Waals surface area contributed by atoms with Crippen LogP contribution in [-0.4, -0.2) is 37.9 Å². The van der Waals surface area contributed by atoms with Gasteiger partial charge in [0.2, 0.25) is 5.91 Å². The number of carbonyl (C=O) groups excluding carboxylic acids is 1. The molecule has 1 atom stereocenters. The monoisotopic (exact) mass is 378 g/mol. The van der Waals surface area contributed by atoms with Crippen molar-refractivity contribution in [2.24, 2.45) is 0 Å². The van der Waals surface area contributed by atoms with Gasteiger partial charge in [-0.15, -0.1) is 0 Å². The minimum absolute atomic E-state index is 0. The van der Waals surface area contributed by atoms with Crippen molar-refractivity contribution in [3.63, 3.8) is 0 Å². The normalized spacial score (nSPS) is 13.4. The van der Waals surface area contributed by atoms with Crippen molar-refractivity contribution in [1.29, 1.82) is 0 Å². The molecule has 3 aromatic rings. The van der Waals surface area contributed by atoms with Crippen LogP contribution in [0, 0.1) is 0 Å². The van der Waals surface area contributed by atoms with E-state index in [4.69, 9.17) is 11.6 Å². The number of anilines is 1. The van der Waals surface area contributed by atoms with Crippen molar-refractivity contribution in [1.82, 2.24) is 25.3 Å². The second kappa shape index (κ2) is 7.29. The first-order valence-electron chi connectivity index (χ1n) is 8.49. The van der Waals surface area contributed by atoms with E-state index in [-0.39, 0.29) is 10.2 Å². The summed E-state index contributed by atoms with van der Waals surface area (Å²) in [4.78, 5) is 28.7. The molecule has 26 heavy (non-hydrogen) atoms. The van der Waals surface area contributed by atoms with E-state index >= 15 is 0 Å². The molecule has 0 aromatic carbocycles. The largest absolute Gasteiger partial charge is 0.356 e. The zero-order valence-electron chi connectivity index (χ0n) is 14.9. The van der Waals surface area contributed by atoms with Gasteiger partial charge in [0.25, 0.3) is 0 Å². The van der Waals surface area contributed by atoms with Gasteiger partial charge in [0.15, 0.2) is 5.82 Å². The molecule has 0 spiro atoms. The number of H-pyrrole nitrogens is 1. The van der Waals surface area contributed by atoms with Crippen LogP contribution in [0.4, 0.5) is 5.82 Å². The molecule has 0 saturated heterocycles. The van der Waals surface area contributed by atoms with Crippen LogP contribution in [0.1, 0.15) is 31.5 Å². The van der Waals surface area contributed by atoms with E-state index in [1.54, 1.807) is 24.7 Å². The average molecular weight is 379 g/mol. The predicted octanol–water partition coefficient (Wildman–Crippen LogP) is 4.13. The topological polar surface area (TPSA) is 95.6 Å². The van der Waals surface area contributed by atoms with Crippen molar-refractivity contribution in [3.05, 3.63) is 35.7 Å². The number of hydrogen-bond acceptors (Lipinski definition) is 5. The fourth-order valence-electron chi connectivity index (χ4n) is 2.66. The van der Waals surface area contributed by atoms with Crippen LogP contribution in [0.3, 0.4) is 0 Å². The predicted molar refractivity (Wildman–Crippen MR) is 109 cm³/mol. The summed E-state index contributed by atoms with van der Waals surface area (Å²) >= 11 is 6.06. The minimum atomic E-state index is -0.757. The number of aromatic nitrogens is 4. The van der Waals surface area contributed by atoms with E-state index in [1.807, 2.05) is 26.8 Å². The third-order valence-electron chi connectivity index (χ3n) is 4.34. The standard InChI is InChI=1S/C18H21ClN6O.3H2/c1-4-18(3,17(26)20-5-2)25-14-6-7-21-16(24-14)13-10-23-15-12(13)8-11(19)9-22-15;;;/h6-10H,4-5H2,1-3H3,(H,20,26)(H,22,23)(H,21,24,25);3*1H/t18-;;;/m1.../s1. The lowest BCUT2D eigenvalue weighted by molar-refractivity contribution is -0.125. The first-order chi connectivity index (χ1) is 12.5. The minimum Gasteiger partial charge on any atom is -0.356 e. The van der Waals surface area contributed by atoms with Gasteiger partial charge >= 0.3 is 0 Å². The number of halogens is 1. The van der Waals surface area contributed by atoms with Crippen molar-refractivity contribution in [2.75, 3.05) is 11.9 Å². The van der Waals surface area contributed by atoms with Crippen molar-refractivity contribution in [2.45, 2.75) is 32.7 Å². The molecule has 0 aliphatic heterocycles. The van der Waals surface area contributed by atoms with Gasteiger partial charge in [-0.1, -0.05) is 18.5 Å². The summed E-state index contributed by atoms with van der Waals surface area (Å²) in [7, 11) is 0. The Kier molecular flexibility index (Phi) is 5.08. The first-order valence-corrected chi connectivity index (χ1v) is 8.87. The second-order valence-electron chi connectivity index (χ2n) is 6.19. The molecule has 3 aromatic heterocycles. The van der Waals surface area contributed by atoms with Crippen molar-refractivity contribution >= 4 is 34.4 Å². The molecule has 0 radical (unpaired) electrons. The molecule has 0 aliphatic carbocycles. The quantitative estimate of drug-likeness (QED) is 0.599.